The SMILES string of the molecule is Cc1c[c-]c(-c2nc3ccnc(C)c3n2-c2c(-c3ccccc3)cccc2-c2ccccc2)c2oc3nc(C(C)C(C)C)ccc3c12.Cc1cc(-c2cc(-c3[c-]cccc3)nc[c]2[Ge]([CH3])([CH3])[CH3])cc(C)n1.[Ir]. The van der Waals surface area contributed by atoms with Crippen molar-refractivity contribution in [2.24, 2.45) is 5.92 Å². The molecule has 5 aromatic carbocycles. The number of hydrogen-bond donors (Lipinski definition) is 0. The van der Waals surface area contributed by atoms with E-state index in [0.29, 0.717) is 17.5 Å². The summed E-state index contributed by atoms with van der Waals surface area (Å²) in [5.74, 6) is 8.76. The third-order valence-corrected chi connectivity index (χ3v) is 17.8. The Hall–Kier alpha value is -6.84. The van der Waals surface area contributed by atoms with E-state index in [1.54, 1.807) is 0 Å². The van der Waals surface area contributed by atoms with Gasteiger partial charge in [0.25, 0.3) is 0 Å². The maximum absolute atomic E-state index is 6.72. The van der Waals surface area contributed by atoms with Crippen molar-refractivity contribution in [2.45, 2.75) is 71.7 Å². The molecule has 0 N–H and O–H groups in total. The minimum atomic E-state index is -2.05. The first-order chi connectivity index (χ1) is 34.2. The van der Waals surface area contributed by atoms with Gasteiger partial charge in [-0.15, -0.1) is 17.7 Å². The second kappa shape index (κ2) is 20.7. The van der Waals surface area contributed by atoms with Gasteiger partial charge in [-0.25, -0.2) is 4.98 Å². The van der Waals surface area contributed by atoms with Gasteiger partial charge in [0, 0.05) is 54.4 Å². The molecule has 0 bridgehead atoms. The number of aryl methyl sites for hydroxylation is 4. The predicted molar refractivity (Wildman–Crippen MR) is 296 cm³/mol. The Kier molecular flexibility index (Phi) is 14.4. The Labute approximate surface area is 439 Å². The average Bonchev–Trinajstić information content (AvgIpc) is 3.96. The van der Waals surface area contributed by atoms with Gasteiger partial charge >= 0.3 is 147 Å². The van der Waals surface area contributed by atoms with Gasteiger partial charge in [0.15, 0.2) is 0 Å². The van der Waals surface area contributed by atoms with E-state index >= 15 is 0 Å². The van der Waals surface area contributed by atoms with E-state index in [1.165, 1.54) is 15.5 Å². The average molecular weight is 1180 g/mol. The summed E-state index contributed by atoms with van der Waals surface area (Å²) in [5, 5.41) is 2.04. The zero-order chi connectivity index (χ0) is 49.6. The smallest absolute Gasteiger partial charge is 0 e. The van der Waals surface area contributed by atoms with Crippen LogP contribution in [-0.4, -0.2) is 42.8 Å². The van der Waals surface area contributed by atoms with Crippen molar-refractivity contribution in [1.29, 1.82) is 0 Å². The van der Waals surface area contributed by atoms with E-state index in [2.05, 4.69) is 209 Å². The predicted octanol–water partition coefficient (Wildman–Crippen LogP) is 15.7. The van der Waals surface area contributed by atoms with Gasteiger partial charge in [-0.3, -0.25) is 9.97 Å². The Bertz CT molecular complexity index is 3650. The number of rotatable bonds is 9. The normalized spacial score (nSPS) is 12.0. The quantitative estimate of drug-likeness (QED) is 0.106. The Morgan fingerprint density at radius 2 is 1.31 bits per heavy atom. The summed E-state index contributed by atoms with van der Waals surface area (Å²) < 4.78 is 10.4. The molecular weight excluding hydrogens is 1120 g/mol. The van der Waals surface area contributed by atoms with Crippen LogP contribution in [0.25, 0.3) is 94.8 Å². The summed E-state index contributed by atoms with van der Waals surface area (Å²) in [7, 11) is 0. The fourth-order valence-corrected chi connectivity index (χ4v) is 12.8. The van der Waals surface area contributed by atoms with Crippen molar-refractivity contribution in [2.75, 3.05) is 0 Å². The van der Waals surface area contributed by atoms with E-state index < -0.39 is 13.3 Å². The molecule has 11 aromatic rings. The molecule has 9 heteroatoms. The molecule has 0 saturated heterocycles. The summed E-state index contributed by atoms with van der Waals surface area (Å²) in [6, 6.07) is 57.4. The number of hydrogen-bond acceptors (Lipinski definition) is 6. The standard InChI is InChI=1S/C42H35N4O.C21H23GeN2.Ir/c1-25(2)27(4)35-22-21-33-37-26(3)19-20-34(40(37)47-42(33)45-35)41-44-36-23-24-43-28(5)38(36)46(41)39-31(29-13-8-6-9-14-29)17-12-18-32(39)30-15-10-7-11-16-30;1-15-11-18(12-16(2)24-15)19-13-21(17-9-7-6-8-10-17)23-14-20(19)22(3,4)5;/h6-19,21-25,27H,1-5H3;6-9,11-14H,1-5H3;/q2*-1;. The topological polar surface area (TPSA) is 82.5 Å². The van der Waals surface area contributed by atoms with E-state index in [4.69, 9.17) is 24.4 Å². The molecule has 0 fully saturated rings. The summed E-state index contributed by atoms with van der Waals surface area (Å²) >= 11 is -2.05. The summed E-state index contributed by atoms with van der Waals surface area (Å²) in [6.07, 6.45) is 3.92. The number of imidazole rings is 1. The third kappa shape index (κ3) is 9.76. The van der Waals surface area contributed by atoms with Crippen LogP contribution in [0, 0.1) is 45.7 Å². The van der Waals surface area contributed by atoms with Crippen molar-refractivity contribution in [3.05, 3.63) is 198 Å². The zero-order valence-corrected chi connectivity index (χ0v) is 47.1. The van der Waals surface area contributed by atoms with Crippen LogP contribution >= 0.6 is 0 Å². The van der Waals surface area contributed by atoms with Crippen LogP contribution < -0.4 is 4.40 Å². The van der Waals surface area contributed by atoms with Crippen LogP contribution in [0.5, 0.6) is 0 Å². The molecule has 72 heavy (non-hydrogen) atoms. The summed E-state index contributed by atoms with van der Waals surface area (Å²) in [6.45, 7) is 14.9. The monoisotopic (exact) mass is 1180 g/mol. The largest absolute Gasteiger partial charge is 0 e. The van der Waals surface area contributed by atoms with Crippen LogP contribution in [0.15, 0.2) is 162 Å². The molecule has 0 amide bonds. The molecule has 7 nitrogen and oxygen atoms in total. The maximum atomic E-state index is 6.72. The van der Waals surface area contributed by atoms with E-state index in [-0.39, 0.29) is 20.1 Å². The van der Waals surface area contributed by atoms with Gasteiger partial charge in [0.1, 0.15) is 0 Å². The number of fused-ring (bicyclic) bond motifs is 4. The number of benzene rings is 5. The van der Waals surface area contributed by atoms with Crippen molar-refractivity contribution >= 4 is 50.8 Å². The molecule has 361 valence electrons. The molecule has 0 aliphatic carbocycles. The molecule has 1 atom stereocenters. The fourth-order valence-electron chi connectivity index (χ4n) is 9.67. The molecule has 11 rings (SSSR count). The maximum Gasteiger partial charge on any atom is 0 e. The minimum Gasteiger partial charge on any atom is 0 e. The second-order valence-corrected chi connectivity index (χ2v) is 30.6. The van der Waals surface area contributed by atoms with Gasteiger partial charge in [0.05, 0.1) is 33.8 Å². The van der Waals surface area contributed by atoms with Crippen LogP contribution in [0.3, 0.4) is 0 Å². The first-order valence-corrected chi connectivity index (χ1v) is 31.9. The molecule has 0 saturated carbocycles. The summed E-state index contributed by atoms with van der Waals surface area (Å²) in [4.78, 5) is 24.4. The van der Waals surface area contributed by atoms with Gasteiger partial charge < -0.3 is 8.98 Å². The van der Waals surface area contributed by atoms with Gasteiger partial charge in [-0.1, -0.05) is 118 Å². The van der Waals surface area contributed by atoms with E-state index in [9.17, 15) is 0 Å². The second-order valence-electron chi connectivity index (χ2n) is 20.0. The molecule has 6 heterocycles. The van der Waals surface area contributed by atoms with Crippen LogP contribution in [0.1, 0.15) is 55.0 Å². The van der Waals surface area contributed by atoms with Gasteiger partial charge in [-0.05, 0) is 42.2 Å². The molecule has 0 spiro atoms. The van der Waals surface area contributed by atoms with Crippen LogP contribution in [0.4, 0.5) is 0 Å². The molecule has 1 unspecified atom stereocenters. The Morgan fingerprint density at radius 1 is 0.639 bits per heavy atom. The van der Waals surface area contributed by atoms with Crippen molar-refractivity contribution in [1.82, 2.24) is 29.5 Å². The molecule has 0 aliphatic heterocycles. The number of pyridine rings is 4. The van der Waals surface area contributed by atoms with Gasteiger partial charge in [0.2, 0.25) is 5.71 Å². The number of aromatic nitrogens is 6. The molecular formula is C63H58GeIrN6O-2. The van der Waals surface area contributed by atoms with E-state index in [0.717, 1.165) is 106 Å². The van der Waals surface area contributed by atoms with Crippen LogP contribution in [0.2, 0.25) is 17.3 Å². The van der Waals surface area contributed by atoms with Crippen molar-refractivity contribution in [3.8, 4) is 61.7 Å². The summed E-state index contributed by atoms with van der Waals surface area (Å²) in [5.41, 5.74) is 19.1. The molecule has 1 radical (unpaired) electrons. The van der Waals surface area contributed by atoms with Crippen LogP contribution in [-0.2, 0) is 20.1 Å². The fraction of sp³-hybridized carbons (Fsp3) is 0.190. The Morgan fingerprint density at radius 3 is 1.93 bits per heavy atom. The minimum absolute atomic E-state index is 0. The number of nitrogens with zero attached hydrogens (tertiary/aromatic N) is 6. The Balaban J connectivity index is 0.000000216. The third-order valence-electron chi connectivity index (χ3n) is 13.6. The molecule has 6 aromatic heterocycles. The van der Waals surface area contributed by atoms with Crippen molar-refractivity contribution in [3.63, 3.8) is 0 Å². The number of para-hydroxylation sites is 1. The zero-order valence-electron chi connectivity index (χ0n) is 42.6. The first-order valence-electron chi connectivity index (χ1n) is 24.5. The van der Waals surface area contributed by atoms with Crippen molar-refractivity contribution < 1.29 is 24.5 Å². The first kappa shape index (κ1) is 50.1. The number of furan rings is 1. The van der Waals surface area contributed by atoms with E-state index in [1.807, 2.05) is 36.5 Å². The molecule has 0 aliphatic rings. The van der Waals surface area contributed by atoms with Gasteiger partial charge in [-0.2, -0.15) is 0 Å².